The summed E-state index contributed by atoms with van der Waals surface area (Å²) in [6.07, 6.45) is 1.12. The van der Waals surface area contributed by atoms with Crippen molar-refractivity contribution in [1.82, 2.24) is 10.3 Å². The third kappa shape index (κ3) is 3.24. The van der Waals surface area contributed by atoms with Crippen molar-refractivity contribution < 1.29 is 15.3 Å². The monoisotopic (exact) mass is 212 g/mol. The zero-order valence-corrected chi connectivity index (χ0v) is 8.59. The van der Waals surface area contributed by atoms with Crippen molar-refractivity contribution in [3.8, 4) is 0 Å². The van der Waals surface area contributed by atoms with Crippen LogP contribution in [0.15, 0.2) is 18.5 Å². The van der Waals surface area contributed by atoms with Gasteiger partial charge in [-0.1, -0.05) is 0 Å². The molecule has 2 atom stereocenters. The number of nitrogens with one attached hydrogen (secondary N) is 1. The second-order valence-corrected chi connectivity index (χ2v) is 3.35. The molecule has 0 aliphatic carbocycles. The van der Waals surface area contributed by atoms with E-state index in [9.17, 15) is 10.2 Å². The van der Waals surface area contributed by atoms with Gasteiger partial charge in [-0.25, -0.2) is 0 Å². The number of aliphatic hydroxyl groups is 3. The Morgan fingerprint density at radius 2 is 2.13 bits per heavy atom. The van der Waals surface area contributed by atoms with E-state index in [1.807, 2.05) is 0 Å². The van der Waals surface area contributed by atoms with Gasteiger partial charge >= 0.3 is 0 Å². The van der Waals surface area contributed by atoms with Gasteiger partial charge in [-0.15, -0.1) is 0 Å². The molecule has 1 aromatic rings. The molecule has 0 bridgehead atoms. The smallest absolute Gasteiger partial charge is 0.108 e. The molecular weight excluding hydrogens is 196 g/mol. The number of likely N-dealkylation sites (N-methyl/N-ethyl adjacent to an activating group) is 1. The number of hydrogen-bond acceptors (Lipinski definition) is 5. The predicted octanol–water partition coefficient (Wildman–Crippen LogP) is -0.812. The maximum atomic E-state index is 9.73. The van der Waals surface area contributed by atoms with Gasteiger partial charge < -0.3 is 20.6 Å². The van der Waals surface area contributed by atoms with Crippen LogP contribution in [0.25, 0.3) is 0 Å². The maximum absolute atomic E-state index is 9.73. The van der Waals surface area contributed by atoms with E-state index in [0.717, 1.165) is 0 Å². The summed E-state index contributed by atoms with van der Waals surface area (Å²) in [5, 5.41) is 30.9. The van der Waals surface area contributed by atoms with Crippen molar-refractivity contribution in [3.63, 3.8) is 0 Å². The van der Waals surface area contributed by atoms with Crippen molar-refractivity contribution in [1.29, 1.82) is 0 Å². The molecule has 15 heavy (non-hydrogen) atoms. The lowest BCUT2D eigenvalue weighted by Gasteiger charge is -2.17. The Bertz CT molecular complexity index is 306. The van der Waals surface area contributed by atoms with Crippen molar-refractivity contribution >= 4 is 0 Å². The molecule has 0 fully saturated rings. The molecule has 0 amide bonds. The van der Waals surface area contributed by atoms with Gasteiger partial charge in [0.05, 0.1) is 12.7 Å². The first-order valence-corrected chi connectivity index (χ1v) is 4.74. The van der Waals surface area contributed by atoms with E-state index in [1.54, 1.807) is 13.1 Å². The molecule has 0 saturated carbocycles. The van der Waals surface area contributed by atoms with Gasteiger partial charge in [-0.3, -0.25) is 4.98 Å². The number of rotatable bonds is 5. The van der Waals surface area contributed by atoms with Crippen LogP contribution < -0.4 is 5.32 Å². The first-order chi connectivity index (χ1) is 7.19. The molecule has 5 nitrogen and oxygen atoms in total. The summed E-state index contributed by atoms with van der Waals surface area (Å²) in [5.41, 5.74) is 1.12. The van der Waals surface area contributed by atoms with Gasteiger partial charge in [-0.05, 0) is 18.7 Å². The fraction of sp³-hybridized carbons (Fsp3) is 0.500. The summed E-state index contributed by atoms with van der Waals surface area (Å²) < 4.78 is 0. The fourth-order valence-electron chi connectivity index (χ4n) is 1.30. The van der Waals surface area contributed by atoms with E-state index in [0.29, 0.717) is 17.7 Å². The van der Waals surface area contributed by atoms with Crippen LogP contribution in [0.4, 0.5) is 0 Å². The lowest BCUT2D eigenvalue weighted by Crippen LogP contribution is -2.29. The molecule has 1 rings (SSSR count). The van der Waals surface area contributed by atoms with Gasteiger partial charge in [-0.2, -0.15) is 0 Å². The molecule has 2 unspecified atom stereocenters. The molecule has 0 aliphatic heterocycles. The summed E-state index contributed by atoms with van der Waals surface area (Å²) in [5.74, 6) is 0. The summed E-state index contributed by atoms with van der Waals surface area (Å²) in [4.78, 5) is 3.87. The van der Waals surface area contributed by atoms with Crippen molar-refractivity contribution in [2.24, 2.45) is 0 Å². The fourth-order valence-corrected chi connectivity index (χ4v) is 1.30. The van der Waals surface area contributed by atoms with E-state index in [-0.39, 0.29) is 6.61 Å². The molecule has 0 radical (unpaired) electrons. The van der Waals surface area contributed by atoms with Crippen LogP contribution in [0.1, 0.15) is 17.2 Å². The van der Waals surface area contributed by atoms with E-state index in [4.69, 9.17) is 5.11 Å². The molecule has 1 heterocycles. The van der Waals surface area contributed by atoms with Crippen LogP contribution in [0, 0.1) is 0 Å². The van der Waals surface area contributed by atoms with E-state index in [1.165, 1.54) is 12.4 Å². The van der Waals surface area contributed by atoms with Crippen LogP contribution >= 0.6 is 0 Å². The van der Waals surface area contributed by atoms with E-state index >= 15 is 0 Å². The average molecular weight is 212 g/mol. The van der Waals surface area contributed by atoms with Gasteiger partial charge in [0.15, 0.2) is 0 Å². The van der Waals surface area contributed by atoms with Crippen LogP contribution in [0.3, 0.4) is 0 Å². The standard InChI is InChI=1S/C10H16N2O3/c1-11-5-9(14)10(15)8-2-7(6-13)3-12-4-8/h2-4,9-11,13-15H,5-6H2,1H3. The highest BCUT2D eigenvalue weighted by molar-refractivity contribution is 5.20. The normalized spacial score (nSPS) is 14.9. The second-order valence-electron chi connectivity index (χ2n) is 3.35. The second kappa shape index (κ2) is 5.77. The Labute approximate surface area is 88.4 Å². The van der Waals surface area contributed by atoms with Gasteiger partial charge in [0.2, 0.25) is 0 Å². The zero-order chi connectivity index (χ0) is 11.3. The van der Waals surface area contributed by atoms with Gasteiger partial charge in [0.25, 0.3) is 0 Å². The molecule has 0 aromatic carbocycles. The van der Waals surface area contributed by atoms with E-state index < -0.39 is 12.2 Å². The Morgan fingerprint density at radius 3 is 2.73 bits per heavy atom. The minimum Gasteiger partial charge on any atom is -0.392 e. The predicted molar refractivity (Wildman–Crippen MR) is 55.1 cm³/mol. The molecule has 4 N–H and O–H groups in total. The molecule has 1 aromatic heterocycles. The largest absolute Gasteiger partial charge is 0.392 e. The van der Waals surface area contributed by atoms with Crippen LogP contribution in [0.2, 0.25) is 0 Å². The van der Waals surface area contributed by atoms with Crippen molar-refractivity contribution in [3.05, 3.63) is 29.6 Å². The highest BCUT2D eigenvalue weighted by atomic mass is 16.3. The number of pyridine rings is 1. The summed E-state index contributed by atoms with van der Waals surface area (Å²) in [6, 6.07) is 1.62. The van der Waals surface area contributed by atoms with Crippen LogP contribution in [-0.4, -0.2) is 40.0 Å². The quantitative estimate of drug-likeness (QED) is 0.513. The molecular formula is C10H16N2O3. The zero-order valence-electron chi connectivity index (χ0n) is 8.59. The minimum atomic E-state index is -0.989. The van der Waals surface area contributed by atoms with Crippen molar-refractivity contribution in [2.75, 3.05) is 13.6 Å². The Morgan fingerprint density at radius 1 is 1.40 bits per heavy atom. The minimum absolute atomic E-state index is 0.129. The first kappa shape index (κ1) is 12.1. The summed E-state index contributed by atoms with van der Waals surface area (Å²) >= 11 is 0. The summed E-state index contributed by atoms with van der Waals surface area (Å²) in [6.45, 7) is 0.167. The first-order valence-electron chi connectivity index (χ1n) is 4.74. The maximum Gasteiger partial charge on any atom is 0.108 e. The summed E-state index contributed by atoms with van der Waals surface area (Å²) in [7, 11) is 1.69. The highest BCUT2D eigenvalue weighted by Gasteiger charge is 2.17. The lowest BCUT2D eigenvalue weighted by atomic mass is 10.1. The number of nitrogens with zero attached hydrogens (tertiary/aromatic N) is 1. The molecule has 5 heteroatoms. The Kier molecular flexibility index (Phi) is 4.64. The van der Waals surface area contributed by atoms with Gasteiger partial charge in [0.1, 0.15) is 6.10 Å². The topological polar surface area (TPSA) is 85.6 Å². The number of hydrogen-bond donors (Lipinski definition) is 4. The number of aromatic nitrogens is 1. The molecule has 84 valence electrons. The van der Waals surface area contributed by atoms with Gasteiger partial charge in [0, 0.05) is 24.5 Å². The molecule has 0 spiro atoms. The molecule has 0 saturated heterocycles. The average Bonchev–Trinajstić information content (AvgIpc) is 2.28. The van der Waals surface area contributed by atoms with Crippen LogP contribution in [-0.2, 0) is 6.61 Å². The van der Waals surface area contributed by atoms with Crippen molar-refractivity contribution in [2.45, 2.75) is 18.8 Å². The van der Waals surface area contributed by atoms with Crippen LogP contribution in [0.5, 0.6) is 0 Å². The SMILES string of the molecule is CNCC(O)C(O)c1cncc(CO)c1. The third-order valence-corrected chi connectivity index (χ3v) is 2.12. The van der Waals surface area contributed by atoms with E-state index in [2.05, 4.69) is 10.3 Å². The highest BCUT2D eigenvalue weighted by Crippen LogP contribution is 2.16. The lowest BCUT2D eigenvalue weighted by molar-refractivity contribution is 0.0199. The third-order valence-electron chi connectivity index (χ3n) is 2.12. The Balaban J connectivity index is 2.76. The number of aliphatic hydroxyl groups excluding tert-OH is 3. The Hall–Kier alpha value is -1.01. The molecule has 0 aliphatic rings.